The van der Waals surface area contributed by atoms with E-state index in [0.29, 0.717) is 23.7 Å². The first-order valence-electron chi connectivity index (χ1n) is 12.7. The number of hydrogen-bond acceptors (Lipinski definition) is 6. The fourth-order valence-corrected chi connectivity index (χ4v) is 5.91. The molecule has 0 amide bonds. The number of aliphatic carboxylic acids is 1. The summed E-state index contributed by atoms with van der Waals surface area (Å²) in [4.78, 5) is 15.1. The third-order valence-electron chi connectivity index (χ3n) is 6.86. The Bertz CT molecular complexity index is 1280. The molecule has 2 heterocycles. The topological polar surface area (TPSA) is 130 Å². The SMILES string of the molecule is COc1ccc(S(=O)(=O)N[C@@H](Cc2c[nH]c3ccc(OCCCCC4CCNCC4)cc23)C(=O)O)cc1. The van der Waals surface area contributed by atoms with Crippen molar-refractivity contribution in [3.63, 3.8) is 0 Å². The van der Waals surface area contributed by atoms with Gasteiger partial charge in [0.05, 0.1) is 18.6 Å². The third kappa shape index (κ3) is 7.24. The van der Waals surface area contributed by atoms with Crippen LogP contribution in [0.2, 0.25) is 0 Å². The molecule has 10 heteroatoms. The molecule has 1 saturated heterocycles. The van der Waals surface area contributed by atoms with Crippen LogP contribution >= 0.6 is 0 Å². The van der Waals surface area contributed by atoms with Gasteiger partial charge in [-0.1, -0.05) is 6.42 Å². The average molecular weight is 530 g/mol. The fourth-order valence-electron chi connectivity index (χ4n) is 4.72. The van der Waals surface area contributed by atoms with Crippen LogP contribution in [0.15, 0.2) is 53.6 Å². The number of rotatable bonds is 13. The highest BCUT2D eigenvalue weighted by Crippen LogP contribution is 2.26. The van der Waals surface area contributed by atoms with Gasteiger partial charge in [-0.2, -0.15) is 4.72 Å². The van der Waals surface area contributed by atoms with Crippen molar-refractivity contribution in [1.82, 2.24) is 15.0 Å². The first-order chi connectivity index (χ1) is 17.9. The van der Waals surface area contributed by atoms with E-state index in [1.165, 1.54) is 50.6 Å². The van der Waals surface area contributed by atoms with Crippen molar-refractivity contribution < 1.29 is 27.8 Å². The zero-order valence-corrected chi connectivity index (χ0v) is 21.9. The average Bonchev–Trinajstić information content (AvgIpc) is 3.30. The molecular formula is C27H35N3O6S. The second-order valence-corrected chi connectivity index (χ2v) is 11.2. The molecule has 1 aliphatic rings. The van der Waals surface area contributed by atoms with Crippen LogP contribution in [0.25, 0.3) is 10.9 Å². The van der Waals surface area contributed by atoms with Gasteiger partial charge in [-0.3, -0.25) is 4.79 Å². The molecule has 0 saturated carbocycles. The lowest BCUT2D eigenvalue weighted by molar-refractivity contribution is -0.138. The van der Waals surface area contributed by atoms with E-state index in [1.807, 2.05) is 18.2 Å². The zero-order valence-electron chi connectivity index (χ0n) is 21.0. The maximum absolute atomic E-state index is 12.8. The molecule has 1 fully saturated rings. The summed E-state index contributed by atoms with van der Waals surface area (Å²) in [6, 6.07) is 10.1. The van der Waals surface area contributed by atoms with Crippen LogP contribution in [0.1, 0.15) is 37.7 Å². The minimum Gasteiger partial charge on any atom is -0.497 e. The van der Waals surface area contributed by atoms with E-state index in [4.69, 9.17) is 9.47 Å². The van der Waals surface area contributed by atoms with Crippen molar-refractivity contribution in [2.75, 3.05) is 26.8 Å². The summed E-state index contributed by atoms with van der Waals surface area (Å²) < 4.78 is 39.0. The number of ether oxygens (including phenoxy) is 2. The molecule has 0 bridgehead atoms. The molecular weight excluding hydrogens is 494 g/mol. The molecule has 2 aromatic carbocycles. The standard InChI is InChI=1S/C27H35N3O6S/c1-35-21-5-8-23(9-6-21)37(33,34)30-26(27(31)32)16-20-18-29-25-10-7-22(17-24(20)25)36-15-3-2-4-19-11-13-28-14-12-19/h5-10,17-19,26,28-30H,2-4,11-16H2,1H3,(H,31,32)/t26-/m0/s1. The van der Waals surface area contributed by atoms with Crippen LogP contribution in [0.5, 0.6) is 11.5 Å². The Morgan fingerprint density at radius 3 is 2.54 bits per heavy atom. The molecule has 200 valence electrons. The van der Waals surface area contributed by atoms with Crippen molar-refractivity contribution >= 4 is 26.9 Å². The number of sulfonamides is 1. The highest BCUT2D eigenvalue weighted by atomic mass is 32.2. The summed E-state index contributed by atoms with van der Waals surface area (Å²) in [5.74, 6) is 0.769. The van der Waals surface area contributed by atoms with E-state index in [0.717, 1.165) is 42.8 Å². The van der Waals surface area contributed by atoms with E-state index in [-0.39, 0.29) is 11.3 Å². The van der Waals surface area contributed by atoms with Gasteiger partial charge in [0.1, 0.15) is 17.5 Å². The Balaban J connectivity index is 1.38. The number of carbonyl (C=O) groups is 1. The molecule has 0 unspecified atom stereocenters. The van der Waals surface area contributed by atoms with Gasteiger partial charge in [0.15, 0.2) is 0 Å². The molecule has 4 rings (SSSR count). The van der Waals surface area contributed by atoms with E-state index in [2.05, 4.69) is 15.0 Å². The van der Waals surface area contributed by atoms with Gasteiger partial charge >= 0.3 is 5.97 Å². The first-order valence-corrected chi connectivity index (χ1v) is 14.2. The monoisotopic (exact) mass is 529 g/mol. The van der Waals surface area contributed by atoms with Crippen LogP contribution in [-0.4, -0.2) is 57.3 Å². The molecule has 0 spiro atoms. The summed E-state index contributed by atoms with van der Waals surface area (Å²) in [5, 5.41) is 14.0. The van der Waals surface area contributed by atoms with E-state index >= 15 is 0 Å². The number of carboxylic acid groups (broad SMARTS) is 1. The molecule has 0 radical (unpaired) electrons. The van der Waals surface area contributed by atoms with Crippen molar-refractivity contribution in [3.05, 3.63) is 54.2 Å². The summed E-state index contributed by atoms with van der Waals surface area (Å²) in [5.41, 5.74) is 1.52. The number of carboxylic acids is 1. The maximum Gasteiger partial charge on any atom is 0.322 e. The minimum absolute atomic E-state index is 0.0234. The highest BCUT2D eigenvalue weighted by molar-refractivity contribution is 7.89. The number of methoxy groups -OCH3 is 1. The van der Waals surface area contributed by atoms with Gasteiger partial charge in [0.2, 0.25) is 10.0 Å². The molecule has 37 heavy (non-hydrogen) atoms. The second kappa shape index (κ2) is 12.4. The largest absolute Gasteiger partial charge is 0.497 e. The number of unbranched alkanes of at least 4 members (excludes halogenated alkanes) is 1. The second-order valence-electron chi connectivity index (χ2n) is 9.45. The van der Waals surface area contributed by atoms with Crippen molar-refractivity contribution in [2.45, 2.75) is 49.5 Å². The van der Waals surface area contributed by atoms with Crippen molar-refractivity contribution in [2.24, 2.45) is 5.92 Å². The lowest BCUT2D eigenvalue weighted by Gasteiger charge is -2.22. The van der Waals surface area contributed by atoms with Crippen LogP contribution < -0.4 is 19.5 Å². The zero-order chi connectivity index (χ0) is 26.3. The number of H-pyrrole nitrogens is 1. The number of piperidine rings is 1. The summed E-state index contributed by atoms with van der Waals surface area (Å²) in [7, 11) is -2.56. The first kappa shape index (κ1) is 27.0. The van der Waals surface area contributed by atoms with E-state index in [9.17, 15) is 18.3 Å². The Hall–Kier alpha value is -3.08. The maximum atomic E-state index is 12.8. The van der Waals surface area contributed by atoms with Gasteiger partial charge in [-0.25, -0.2) is 8.42 Å². The lowest BCUT2D eigenvalue weighted by atomic mass is 9.93. The van der Waals surface area contributed by atoms with Gasteiger partial charge in [-0.05, 0) is 92.7 Å². The van der Waals surface area contributed by atoms with Gasteiger partial charge in [0.25, 0.3) is 0 Å². The fraction of sp³-hybridized carbons (Fsp3) is 0.444. The Morgan fingerprint density at radius 1 is 1.11 bits per heavy atom. The third-order valence-corrected chi connectivity index (χ3v) is 8.35. The Morgan fingerprint density at radius 2 is 1.84 bits per heavy atom. The molecule has 1 atom stereocenters. The number of hydrogen-bond donors (Lipinski definition) is 4. The molecule has 1 aliphatic heterocycles. The minimum atomic E-state index is -4.04. The van der Waals surface area contributed by atoms with Crippen LogP contribution in [-0.2, 0) is 21.2 Å². The Labute approximate surface area is 217 Å². The quantitative estimate of drug-likeness (QED) is 0.249. The van der Waals surface area contributed by atoms with E-state index < -0.39 is 22.0 Å². The van der Waals surface area contributed by atoms with Crippen molar-refractivity contribution in [3.8, 4) is 11.5 Å². The molecule has 9 nitrogen and oxygen atoms in total. The number of benzene rings is 2. The molecule has 1 aromatic heterocycles. The normalized spacial score (nSPS) is 15.5. The highest BCUT2D eigenvalue weighted by Gasteiger charge is 2.27. The summed E-state index contributed by atoms with van der Waals surface area (Å²) in [6.07, 6.45) is 7.54. The van der Waals surface area contributed by atoms with Gasteiger partial charge in [0, 0.05) is 23.5 Å². The summed E-state index contributed by atoms with van der Waals surface area (Å²) in [6.45, 7) is 2.85. The lowest BCUT2D eigenvalue weighted by Crippen LogP contribution is -2.42. The smallest absolute Gasteiger partial charge is 0.322 e. The molecule has 4 N–H and O–H groups in total. The van der Waals surface area contributed by atoms with Crippen molar-refractivity contribution in [1.29, 1.82) is 0 Å². The number of aromatic nitrogens is 1. The number of fused-ring (bicyclic) bond motifs is 1. The molecule has 0 aliphatic carbocycles. The summed E-state index contributed by atoms with van der Waals surface area (Å²) >= 11 is 0. The van der Waals surface area contributed by atoms with Crippen LogP contribution in [0, 0.1) is 5.92 Å². The predicted molar refractivity (Wildman–Crippen MR) is 142 cm³/mol. The van der Waals surface area contributed by atoms with Crippen LogP contribution in [0.4, 0.5) is 0 Å². The van der Waals surface area contributed by atoms with E-state index in [1.54, 1.807) is 6.20 Å². The van der Waals surface area contributed by atoms with Crippen LogP contribution in [0.3, 0.4) is 0 Å². The molecule has 3 aromatic rings. The Kier molecular flexibility index (Phi) is 9.07. The number of nitrogens with one attached hydrogen (secondary N) is 3. The predicted octanol–water partition coefficient (Wildman–Crippen LogP) is 3.70. The van der Waals surface area contributed by atoms with Gasteiger partial charge in [-0.15, -0.1) is 0 Å². The van der Waals surface area contributed by atoms with Gasteiger partial charge < -0.3 is 24.9 Å². The number of aromatic amines is 1.